The molecule has 4 heterocycles. The third-order valence-corrected chi connectivity index (χ3v) is 7.79. The molecule has 0 amide bonds. The maximum atomic E-state index is 13.9. The number of aromatic nitrogens is 3. The molecular formula is C28H25ClN4O4S. The Morgan fingerprint density at radius 3 is 2.63 bits per heavy atom. The van der Waals surface area contributed by atoms with Gasteiger partial charge in [-0.25, -0.2) is 9.79 Å². The molecule has 0 spiro atoms. The van der Waals surface area contributed by atoms with E-state index in [4.69, 9.17) is 21.1 Å². The number of ether oxygens (including phenoxy) is 2. The molecular weight excluding hydrogens is 524 g/mol. The van der Waals surface area contributed by atoms with Crippen LogP contribution in [-0.2, 0) is 9.53 Å². The van der Waals surface area contributed by atoms with E-state index >= 15 is 0 Å². The van der Waals surface area contributed by atoms with E-state index in [9.17, 15) is 9.59 Å². The van der Waals surface area contributed by atoms with Gasteiger partial charge in [-0.05, 0) is 68.8 Å². The lowest BCUT2D eigenvalue weighted by atomic mass is 9.95. The fourth-order valence-electron chi connectivity index (χ4n) is 4.86. The Bertz CT molecular complexity index is 1780. The van der Waals surface area contributed by atoms with Gasteiger partial charge in [0.25, 0.3) is 5.56 Å². The number of rotatable bonds is 5. The first-order valence-corrected chi connectivity index (χ1v) is 13.0. The molecule has 194 valence electrons. The highest BCUT2D eigenvalue weighted by Gasteiger charge is 2.35. The molecule has 0 aliphatic carbocycles. The molecule has 10 heteroatoms. The van der Waals surface area contributed by atoms with Crippen LogP contribution in [0.2, 0.25) is 5.02 Å². The van der Waals surface area contributed by atoms with Crippen LogP contribution in [-0.4, -0.2) is 34.3 Å². The zero-order valence-electron chi connectivity index (χ0n) is 21.5. The number of thiazole rings is 1. The van der Waals surface area contributed by atoms with Gasteiger partial charge in [-0.1, -0.05) is 22.9 Å². The lowest BCUT2D eigenvalue weighted by molar-refractivity contribution is -0.136. The van der Waals surface area contributed by atoms with E-state index < -0.39 is 12.0 Å². The molecule has 38 heavy (non-hydrogen) atoms. The second-order valence-electron chi connectivity index (χ2n) is 8.83. The summed E-state index contributed by atoms with van der Waals surface area (Å²) in [5.41, 5.74) is 4.83. The summed E-state index contributed by atoms with van der Waals surface area (Å²) in [4.78, 5) is 36.2. The van der Waals surface area contributed by atoms with Crippen LogP contribution in [0.1, 0.15) is 35.5 Å². The molecule has 0 saturated carbocycles. The van der Waals surface area contributed by atoms with Crippen molar-refractivity contribution in [3.05, 3.63) is 107 Å². The van der Waals surface area contributed by atoms with E-state index in [1.54, 1.807) is 37.5 Å². The summed E-state index contributed by atoms with van der Waals surface area (Å²) < 4.78 is 14.8. The molecule has 5 rings (SSSR count). The Kier molecular flexibility index (Phi) is 6.81. The second kappa shape index (κ2) is 10.1. The minimum atomic E-state index is -0.822. The summed E-state index contributed by atoms with van der Waals surface area (Å²) >= 11 is 7.61. The van der Waals surface area contributed by atoms with E-state index in [2.05, 4.69) is 14.5 Å². The molecule has 1 aliphatic heterocycles. The van der Waals surface area contributed by atoms with Gasteiger partial charge in [0.05, 0.1) is 41.9 Å². The summed E-state index contributed by atoms with van der Waals surface area (Å²) in [6.45, 7) is 5.74. The SMILES string of the molecule is COC(=O)C1=C(C)N=c2s/c(=C\c3cc(C)n(-c4cccnc4)c3C)c(=O)n2[C@@H]1c1cc(Cl)ccc1OC. The van der Waals surface area contributed by atoms with Gasteiger partial charge in [0, 0.05) is 28.2 Å². The Morgan fingerprint density at radius 2 is 1.95 bits per heavy atom. The molecule has 1 aliphatic rings. The number of allylic oxidation sites excluding steroid dienone is 1. The number of pyridine rings is 1. The summed E-state index contributed by atoms with van der Waals surface area (Å²) in [6, 6.07) is 10.2. The molecule has 4 aromatic rings. The molecule has 0 N–H and O–H groups in total. The van der Waals surface area contributed by atoms with E-state index in [-0.39, 0.29) is 11.1 Å². The van der Waals surface area contributed by atoms with E-state index in [0.29, 0.717) is 31.4 Å². The quantitative estimate of drug-likeness (QED) is 0.353. The highest BCUT2D eigenvalue weighted by molar-refractivity contribution is 7.07. The molecule has 0 saturated heterocycles. The average molecular weight is 549 g/mol. The lowest BCUT2D eigenvalue weighted by Gasteiger charge is -2.25. The van der Waals surface area contributed by atoms with Gasteiger partial charge in [0.2, 0.25) is 0 Å². The highest BCUT2D eigenvalue weighted by atomic mass is 35.5. The van der Waals surface area contributed by atoms with Crippen LogP contribution in [0.15, 0.2) is 69.8 Å². The number of carbonyl (C=O) groups is 1. The fourth-order valence-corrected chi connectivity index (χ4v) is 6.08. The Hall–Kier alpha value is -3.95. The molecule has 0 unspecified atom stereocenters. The van der Waals surface area contributed by atoms with Crippen LogP contribution in [0, 0.1) is 13.8 Å². The first kappa shape index (κ1) is 25.7. The van der Waals surface area contributed by atoms with Gasteiger partial charge < -0.3 is 14.0 Å². The van der Waals surface area contributed by atoms with Crippen molar-refractivity contribution in [2.75, 3.05) is 14.2 Å². The molecule has 3 aromatic heterocycles. The number of hydrogen-bond donors (Lipinski definition) is 0. The Morgan fingerprint density at radius 1 is 1.16 bits per heavy atom. The van der Waals surface area contributed by atoms with Crippen LogP contribution in [0.5, 0.6) is 5.75 Å². The highest BCUT2D eigenvalue weighted by Crippen LogP contribution is 2.37. The number of halogens is 1. The monoisotopic (exact) mass is 548 g/mol. The van der Waals surface area contributed by atoms with Crippen LogP contribution in [0.3, 0.4) is 0 Å². The molecule has 0 bridgehead atoms. The number of benzene rings is 1. The van der Waals surface area contributed by atoms with Crippen molar-refractivity contribution < 1.29 is 14.3 Å². The number of methoxy groups -OCH3 is 2. The summed E-state index contributed by atoms with van der Waals surface area (Å²) in [5.74, 6) is -0.0855. The number of aryl methyl sites for hydroxylation is 1. The molecule has 0 radical (unpaired) electrons. The third-order valence-electron chi connectivity index (χ3n) is 6.57. The average Bonchev–Trinajstić information content (AvgIpc) is 3.37. The van der Waals surface area contributed by atoms with Gasteiger partial charge in [-0.3, -0.25) is 14.3 Å². The van der Waals surface area contributed by atoms with Crippen molar-refractivity contribution in [2.45, 2.75) is 26.8 Å². The molecule has 1 atom stereocenters. The summed E-state index contributed by atoms with van der Waals surface area (Å²) in [5, 5.41) is 0.449. The third kappa shape index (κ3) is 4.27. The van der Waals surface area contributed by atoms with Crippen LogP contribution in [0.4, 0.5) is 0 Å². The number of carbonyl (C=O) groups excluding carboxylic acids is 1. The minimum Gasteiger partial charge on any atom is -0.496 e. The minimum absolute atomic E-state index is 0.252. The number of hydrogen-bond acceptors (Lipinski definition) is 7. The number of nitrogens with zero attached hydrogens (tertiary/aromatic N) is 4. The predicted molar refractivity (Wildman–Crippen MR) is 147 cm³/mol. The first-order valence-electron chi connectivity index (χ1n) is 11.8. The first-order chi connectivity index (χ1) is 18.2. The number of fused-ring (bicyclic) bond motifs is 1. The standard InChI is InChI=1S/C28H25ClN4O4S/c1-15-11-18(17(3)32(15)20-7-6-10-30-14-20)12-23-26(34)33-25(21-13-19(29)8-9-22(21)36-4)24(27(35)37-5)16(2)31-28(33)38-23/h6-14,25H,1-5H3/b23-12-/t25-/m1/s1. The topological polar surface area (TPSA) is 87.7 Å². The normalized spacial score (nSPS) is 15.3. The van der Waals surface area contributed by atoms with Gasteiger partial charge in [-0.15, -0.1) is 0 Å². The Labute approximate surface area is 227 Å². The van der Waals surface area contributed by atoms with Crippen LogP contribution < -0.4 is 19.6 Å². The van der Waals surface area contributed by atoms with Gasteiger partial charge in [-0.2, -0.15) is 0 Å². The smallest absolute Gasteiger partial charge is 0.338 e. The van der Waals surface area contributed by atoms with E-state index in [0.717, 1.165) is 22.6 Å². The maximum absolute atomic E-state index is 13.9. The lowest BCUT2D eigenvalue weighted by Crippen LogP contribution is -2.40. The predicted octanol–water partition coefficient (Wildman–Crippen LogP) is 3.87. The van der Waals surface area contributed by atoms with Crippen molar-refractivity contribution in [3.8, 4) is 11.4 Å². The van der Waals surface area contributed by atoms with Crippen molar-refractivity contribution in [2.24, 2.45) is 4.99 Å². The van der Waals surface area contributed by atoms with Crippen LogP contribution >= 0.6 is 22.9 Å². The van der Waals surface area contributed by atoms with Gasteiger partial charge in [0.15, 0.2) is 4.80 Å². The van der Waals surface area contributed by atoms with Gasteiger partial charge >= 0.3 is 5.97 Å². The number of esters is 1. The fraction of sp³-hybridized carbons (Fsp3) is 0.214. The largest absolute Gasteiger partial charge is 0.496 e. The van der Waals surface area contributed by atoms with Crippen molar-refractivity contribution >= 4 is 35.0 Å². The zero-order valence-corrected chi connectivity index (χ0v) is 23.1. The summed E-state index contributed by atoms with van der Waals surface area (Å²) in [7, 11) is 2.83. The molecule has 1 aromatic carbocycles. The van der Waals surface area contributed by atoms with Crippen molar-refractivity contribution in [1.29, 1.82) is 0 Å². The maximum Gasteiger partial charge on any atom is 0.338 e. The zero-order chi connectivity index (χ0) is 27.1. The van der Waals surface area contributed by atoms with E-state index in [1.165, 1.54) is 30.1 Å². The molecule has 8 nitrogen and oxygen atoms in total. The van der Waals surface area contributed by atoms with Crippen molar-refractivity contribution in [1.82, 2.24) is 14.1 Å². The summed E-state index contributed by atoms with van der Waals surface area (Å²) in [6.07, 6.45) is 5.39. The Balaban J connectivity index is 1.75. The van der Waals surface area contributed by atoms with Crippen molar-refractivity contribution in [3.63, 3.8) is 0 Å². The second-order valence-corrected chi connectivity index (χ2v) is 10.3. The van der Waals surface area contributed by atoms with Gasteiger partial charge in [0.1, 0.15) is 11.8 Å². The van der Waals surface area contributed by atoms with Crippen LogP contribution in [0.25, 0.3) is 11.8 Å². The van der Waals surface area contributed by atoms with E-state index in [1.807, 2.05) is 38.1 Å². The molecule has 0 fully saturated rings.